The molecule has 1 rings (SSSR count). The number of rotatable bonds is 4. The summed E-state index contributed by atoms with van der Waals surface area (Å²) in [5.74, 6) is -1.27. The second kappa shape index (κ2) is 4.77. The molecular weight excluding hydrogens is 256 g/mol. The minimum atomic E-state index is -3.96. The van der Waals surface area contributed by atoms with Crippen molar-refractivity contribution in [3.63, 3.8) is 0 Å². The maximum Gasteiger partial charge on any atom is 0.321 e. The normalized spacial score (nSPS) is 13.4. The van der Waals surface area contributed by atoms with Crippen molar-refractivity contribution in [3.05, 3.63) is 23.5 Å². The van der Waals surface area contributed by atoms with Gasteiger partial charge in [0.05, 0.1) is 0 Å². The van der Waals surface area contributed by atoms with Gasteiger partial charge in [-0.15, -0.1) is 0 Å². The first kappa shape index (κ1) is 12.9. The Bertz CT molecular complexity index is 503. The molecule has 0 aromatic carbocycles. The van der Waals surface area contributed by atoms with Gasteiger partial charge in [0.1, 0.15) is 16.1 Å². The van der Waals surface area contributed by atoms with Crippen LogP contribution in [0, 0.1) is 0 Å². The molecule has 0 bridgehead atoms. The van der Waals surface area contributed by atoms with Gasteiger partial charge in [-0.05, 0) is 19.1 Å². The number of nitrogens with one attached hydrogen (secondary N) is 1. The highest BCUT2D eigenvalue weighted by Gasteiger charge is 2.23. The molecule has 0 amide bonds. The quantitative estimate of drug-likeness (QED) is 0.772. The van der Waals surface area contributed by atoms with Crippen LogP contribution < -0.4 is 4.72 Å². The minimum absolute atomic E-state index is 0.201. The van der Waals surface area contributed by atoms with Crippen molar-refractivity contribution in [2.75, 3.05) is 0 Å². The summed E-state index contributed by atoms with van der Waals surface area (Å²) in [6, 6.07) is 1.40. The highest BCUT2D eigenvalue weighted by atomic mass is 35.5. The van der Waals surface area contributed by atoms with Crippen LogP contribution in [0.25, 0.3) is 0 Å². The van der Waals surface area contributed by atoms with E-state index in [-0.39, 0.29) is 10.0 Å². The molecule has 1 heterocycles. The molecule has 0 aliphatic heterocycles. The molecule has 1 aromatic heterocycles. The first-order valence-corrected chi connectivity index (χ1v) is 6.06. The second-order valence-corrected chi connectivity index (χ2v) is 5.01. The van der Waals surface area contributed by atoms with E-state index in [0.717, 1.165) is 0 Å². The molecule has 0 saturated heterocycles. The molecule has 1 aromatic rings. The number of carbonyl (C=O) groups is 1. The Labute approximate surface area is 97.3 Å². The smallest absolute Gasteiger partial charge is 0.321 e. The number of pyridine rings is 1. The number of nitrogens with zero attached hydrogens (tertiary/aromatic N) is 1. The monoisotopic (exact) mass is 264 g/mol. The first-order chi connectivity index (χ1) is 7.34. The van der Waals surface area contributed by atoms with Crippen LogP contribution in [0.15, 0.2) is 23.2 Å². The van der Waals surface area contributed by atoms with E-state index in [1.807, 2.05) is 4.72 Å². The zero-order chi connectivity index (χ0) is 12.3. The Morgan fingerprint density at radius 2 is 2.25 bits per heavy atom. The predicted molar refractivity (Wildman–Crippen MR) is 56.7 cm³/mol. The highest BCUT2D eigenvalue weighted by molar-refractivity contribution is 7.89. The lowest BCUT2D eigenvalue weighted by Crippen LogP contribution is -2.38. The summed E-state index contributed by atoms with van der Waals surface area (Å²) in [6.07, 6.45) is 1.34. The largest absolute Gasteiger partial charge is 0.480 e. The molecule has 16 heavy (non-hydrogen) atoms. The van der Waals surface area contributed by atoms with E-state index in [1.54, 1.807) is 0 Å². The third-order valence-electron chi connectivity index (χ3n) is 1.72. The van der Waals surface area contributed by atoms with Crippen molar-refractivity contribution < 1.29 is 18.3 Å². The molecule has 0 fully saturated rings. The van der Waals surface area contributed by atoms with Crippen molar-refractivity contribution in [3.8, 4) is 0 Å². The Balaban J connectivity index is 3.04. The number of aromatic nitrogens is 1. The fourth-order valence-electron chi connectivity index (χ4n) is 0.918. The maximum atomic E-state index is 11.7. The summed E-state index contributed by atoms with van der Waals surface area (Å²) in [4.78, 5) is 13.9. The molecular formula is C8H9ClN2O4S. The van der Waals surface area contributed by atoms with E-state index < -0.39 is 22.0 Å². The van der Waals surface area contributed by atoms with Gasteiger partial charge in [0.25, 0.3) is 0 Å². The molecule has 0 saturated carbocycles. The van der Waals surface area contributed by atoms with Crippen LogP contribution in [-0.4, -0.2) is 30.5 Å². The summed E-state index contributed by atoms with van der Waals surface area (Å²) in [7, 11) is -3.96. The molecule has 0 aliphatic rings. The summed E-state index contributed by atoms with van der Waals surface area (Å²) >= 11 is 5.59. The van der Waals surface area contributed by atoms with Crippen LogP contribution in [0.1, 0.15) is 6.92 Å². The fraction of sp³-hybridized carbons (Fsp3) is 0.250. The SMILES string of the molecule is C[C@@H](NS(=O)(=O)c1cccnc1Cl)C(=O)O. The van der Waals surface area contributed by atoms with Crippen molar-refractivity contribution >= 4 is 27.6 Å². The molecule has 2 N–H and O–H groups in total. The summed E-state index contributed by atoms with van der Waals surface area (Å²) in [6.45, 7) is 1.21. The molecule has 1 atom stereocenters. The van der Waals surface area contributed by atoms with Crippen LogP contribution in [0.3, 0.4) is 0 Å². The lowest BCUT2D eigenvalue weighted by atomic mass is 10.4. The molecule has 0 spiro atoms. The maximum absolute atomic E-state index is 11.7. The Morgan fingerprint density at radius 1 is 1.62 bits per heavy atom. The van der Waals surface area contributed by atoms with Crippen molar-refractivity contribution in [1.29, 1.82) is 0 Å². The van der Waals surface area contributed by atoms with Crippen LogP contribution in [0.2, 0.25) is 5.15 Å². The zero-order valence-corrected chi connectivity index (χ0v) is 9.79. The van der Waals surface area contributed by atoms with Crippen molar-refractivity contribution in [2.45, 2.75) is 17.9 Å². The average molecular weight is 265 g/mol. The third kappa shape index (κ3) is 2.91. The van der Waals surface area contributed by atoms with Crippen LogP contribution >= 0.6 is 11.6 Å². The second-order valence-electron chi connectivity index (χ2n) is 2.97. The number of hydrogen-bond donors (Lipinski definition) is 2. The molecule has 88 valence electrons. The lowest BCUT2D eigenvalue weighted by molar-refractivity contribution is -0.138. The van der Waals surface area contributed by atoms with E-state index in [1.165, 1.54) is 25.3 Å². The van der Waals surface area contributed by atoms with E-state index in [9.17, 15) is 13.2 Å². The van der Waals surface area contributed by atoms with E-state index in [0.29, 0.717) is 0 Å². The summed E-state index contributed by atoms with van der Waals surface area (Å²) in [5.41, 5.74) is 0. The Hall–Kier alpha value is -1.18. The average Bonchev–Trinajstić information content (AvgIpc) is 2.17. The van der Waals surface area contributed by atoms with E-state index >= 15 is 0 Å². The van der Waals surface area contributed by atoms with Crippen LogP contribution in [0.5, 0.6) is 0 Å². The van der Waals surface area contributed by atoms with Gasteiger partial charge in [0.15, 0.2) is 0 Å². The molecule has 6 nitrogen and oxygen atoms in total. The number of hydrogen-bond acceptors (Lipinski definition) is 4. The lowest BCUT2D eigenvalue weighted by Gasteiger charge is -2.10. The fourth-order valence-corrected chi connectivity index (χ4v) is 2.57. The van der Waals surface area contributed by atoms with Gasteiger partial charge in [-0.25, -0.2) is 13.4 Å². The number of halogens is 1. The molecule has 0 radical (unpaired) electrons. The Kier molecular flexibility index (Phi) is 3.84. The minimum Gasteiger partial charge on any atom is -0.480 e. The number of carboxylic acid groups (broad SMARTS) is 1. The highest BCUT2D eigenvalue weighted by Crippen LogP contribution is 2.17. The Morgan fingerprint density at radius 3 is 2.75 bits per heavy atom. The van der Waals surface area contributed by atoms with E-state index in [2.05, 4.69) is 4.98 Å². The van der Waals surface area contributed by atoms with Crippen molar-refractivity contribution in [1.82, 2.24) is 9.71 Å². The topological polar surface area (TPSA) is 96.4 Å². The molecule has 0 unspecified atom stereocenters. The van der Waals surface area contributed by atoms with Crippen LogP contribution in [-0.2, 0) is 14.8 Å². The van der Waals surface area contributed by atoms with Gasteiger partial charge in [-0.3, -0.25) is 4.79 Å². The van der Waals surface area contributed by atoms with Gasteiger partial charge >= 0.3 is 5.97 Å². The molecule has 0 aliphatic carbocycles. The van der Waals surface area contributed by atoms with Gasteiger partial charge in [-0.1, -0.05) is 11.6 Å². The number of sulfonamides is 1. The summed E-state index contributed by atoms with van der Waals surface area (Å²) < 4.78 is 25.3. The number of aliphatic carboxylic acids is 1. The number of carboxylic acids is 1. The van der Waals surface area contributed by atoms with Gasteiger partial charge < -0.3 is 5.11 Å². The van der Waals surface area contributed by atoms with Crippen LogP contribution in [0.4, 0.5) is 0 Å². The van der Waals surface area contributed by atoms with Gasteiger partial charge in [0, 0.05) is 6.20 Å². The van der Waals surface area contributed by atoms with Gasteiger partial charge in [-0.2, -0.15) is 4.72 Å². The van der Waals surface area contributed by atoms with Gasteiger partial charge in [0.2, 0.25) is 10.0 Å². The van der Waals surface area contributed by atoms with Crippen molar-refractivity contribution in [2.24, 2.45) is 0 Å². The predicted octanol–water partition coefficient (Wildman–Crippen LogP) is 0.486. The standard InChI is InChI=1S/C8H9ClN2O4S/c1-5(8(12)13)11-16(14,15)6-3-2-4-10-7(6)9/h2-5,11H,1H3,(H,12,13)/t5-/m1/s1. The first-order valence-electron chi connectivity index (χ1n) is 4.20. The third-order valence-corrected chi connectivity index (χ3v) is 3.70. The van der Waals surface area contributed by atoms with E-state index in [4.69, 9.17) is 16.7 Å². The zero-order valence-electron chi connectivity index (χ0n) is 8.21. The summed E-state index contributed by atoms with van der Waals surface area (Å²) in [5, 5.41) is 8.38. The molecule has 8 heteroatoms.